The minimum absolute atomic E-state index is 0.0565. The van der Waals surface area contributed by atoms with Gasteiger partial charge in [-0.3, -0.25) is 4.79 Å². The molecule has 2 unspecified atom stereocenters. The molecule has 106 valence electrons. The number of rotatable bonds is 6. The van der Waals surface area contributed by atoms with Gasteiger partial charge in [-0.05, 0) is 32.6 Å². The van der Waals surface area contributed by atoms with E-state index in [0.29, 0.717) is 25.5 Å². The summed E-state index contributed by atoms with van der Waals surface area (Å²) in [6.07, 6.45) is 4.92. The maximum atomic E-state index is 11.5. The first-order valence-corrected chi connectivity index (χ1v) is 7.11. The van der Waals surface area contributed by atoms with E-state index in [0.717, 1.165) is 12.8 Å². The molecule has 18 heavy (non-hydrogen) atoms. The molecule has 3 N–H and O–H groups in total. The predicted octanol–water partition coefficient (Wildman–Crippen LogP) is 1.83. The van der Waals surface area contributed by atoms with Gasteiger partial charge in [-0.2, -0.15) is 0 Å². The molecule has 1 aliphatic carbocycles. The Kier molecular flexibility index (Phi) is 6.09. The minimum atomic E-state index is -0.185. The van der Waals surface area contributed by atoms with Crippen molar-refractivity contribution in [3.8, 4) is 0 Å². The molecule has 0 spiro atoms. The Morgan fingerprint density at radius 3 is 2.83 bits per heavy atom. The topological polar surface area (TPSA) is 64.3 Å². The van der Waals surface area contributed by atoms with E-state index in [1.807, 2.05) is 13.8 Å². The van der Waals surface area contributed by atoms with Gasteiger partial charge in [0.2, 0.25) is 5.91 Å². The van der Waals surface area contributed by atoms with E-state index in [4.69, 9.17) is 10.5 Å². The number of nitrogens with two attached hydrogens (primary N) is 1. The Morgan fingerprint density at radius 2 is 2.28 bits per heavy atom. The van der Waals surface area contributed by atoms with Crippen LogP contribution in [-0.4, -0.2) is 30.7 Å². The molecule has 0 radical (unpaired) electrons. The molecule has 1 amide bonds. The van der Waals surface area contributed by atoms with Crippen LogP contribution in [0.4, 0.5) is 0 Å². The van der Waals surface area contributed by atoms with Crippen LogP contribution in [0.15, 0.2) is 0 Å². The quantitative estimate of drug-likeness (QED) is 0.762. The monoisotopic (exact) mass is 256 g/mol. The first kappa shape index (κ1) is 15.4. The number of nitrogens with one attached hydrogen (secondary N) is 1. The largest absolute Gasteiger partial charge is 0.373 e. The molecule has 0 aliphatic heterocycles. The molecule has 0 saturated heterocycles. The van der Waals surface area contributed by atoms with Crippen molar-refractivity contribution in [3.05, 3.63) is 0 Å². The van der Waals surface area contributed by atoms with Gasteiger partial charge in [0, 0.05) is 19.0 Å². The van der Waals surface area contributed by atoms with Crippen LogP contribution in [-0.2, 0) is 9.53 Å². The van der Waals surface area contributed by atoms with E-state index in [9.17, 15) is 4.79 Å². The summed E-state index contributed by atoms with van der Waals surface area (Å²) in [5.41, 5.74) is 5.69. The molecule has 0 bridgehead atoms. The molecule has 2 atom stereocenters. The van der Waals surface area contributed by atoms with Crippen LogP contribution in [0.5, 0.6) is 0 Å². The van der Waals surface area contributed by atoms with Crippen molar-refractivity contribution in [2.45, 2.75) is 64.5 Å². The van der Waals surface area contributed by atoms with Crippen LogP contribution in [0.1, 0.15) is 52.9 Å². The van der Waals surface area contributed by atoms with Gasteiger partial charge in [0.1, 0.15) is 0 Å². The molecular formula is C14H28N2O2. The fourth-order valence-corrected chi connectivity index (χ4v) is 2.74. The number of hydrogen-bond donors (Lipinski definition) is 2. The van der Waals surface area contributed by atoms with Gasteiger partial charge < -0.3 is 15.8 Å². The normalized spacial score (nSPS) is 28.4. The summed E-state index contributed by atoms with van der Waals surface area (Å²) in [6.45, 7) is 7.20. The highest BCUT2D eigenvalue weighted by atomic mass is 16.5. The van der Waals surface area contributed by atoms with Crippen LogP contribution < -0.4 is 11.1 Å². The molecule has 1 rings (SSSR count). The Hall–Kier alpha value is -0.610. The summed E-state index contributed by atoms with van der Waals surface area (Å²) in [7, 11) is 0. The average molecular weight is 256 g/mol. The second-order valence-corrected chi connectivity index (χ2v) is 5.91. The number of hydrogen-bond acceptors (Lipinski definition) is 3. The van der Waals surface area contributed by atoms with Crippen molar-refractivity contribution < 1.29 is 9.53 Å². The number of carbonyl (C=O) groups excluding carboxylic acids is 1. The minimum Gasteiger partial charge on any atom is -0.373 e. The third-order valence-electron chi connectivity index (χ3n) is 3.61. The summed E-state index contributed by atoms with van der Waals surface area (Å²) >= 11 is 0. The van der Waals surface area contributed by atoms with Gasteiger partial charge in [-0.25, -0.2) is 0 Å². The third kappa shape index (κ3) is 4.94. The third-order valence-corrected chi connectivity index (χ3v) is 3.61. The molecule has 4 heteroatoms. The SMILES string of the molecule is CC1CCCC(CN)(OCCC(=O)NC(C)C)C1. The zero-order chi connectivity index (χ0) is 13.6. The average Bonchev–Trinajstić information content (AvgIpc) is 2.28. The first-order chi connectivity index (χ1) is 8.47. The molecule has 4 nitrogen and oxygen atoms in total. The highest BCUT2D eigenvalue weighted by molar-refractivity contribution is 5.76. The van der Waals surface area contributed by atoms with Crippen molar-refractivity contribution in [1.29, 1.82) is 0 Å². The Morgan fingerprint density at radius 1 is 1.56 bits per heavy atom. The Balaban J connectivity index is 2.33. The zero-order valence-electron chi connectivity index (χ0n) is 12.0. The van der Waals surface area contributed by atoms with E-state index in [2.05, 4.69) is 12.2 Å². The molecule has 0 aromatic heterocycles. The standard InChI is InChI=1S/C14H28N2O2/c1-11(2)16-13(17)6-8-18-14(10-15)7-4-5-12(3)9-14/h11-12H,4-10,15H2,1-3H3,(H,16,17). The number of carbonyl (C=O) groups is 1. The predicted molar refractivity (Wildman–Crippen MR) is 73.3 cm³/mol. The molecular weight excluding hydrogens is 228 g/mol. The van der Waals surface area contributed by atoms with E-state index in [1.165, 1.54) is 12.8 Å². The Labute approximate surface area is 111 Å². The highest BCUT2D eigenvalue weighted by Crippen LogP contribution is 2.34. The summed E-state index contributed by atoms with van der Waals surface area (Å²) in [5.74, 6) is 0.729. The van der Waals surface area contributed by atoms with Gasteiger partial charge in [-0.15, -0.1) is 0 Å². The van der Waals surface area contributed by atoms with Crippen molar-refractivity contribution >= 4 is 5.91 Å². The summed E-state index contributed by atoms with van der Waals surface area (Å²) < 4.78 is 5.96. The van der Waals surface area contributed by atoms with Crippen LogP contribution in [0.3, 0.4) is 0 Å². The van der Waals surface area contributed by atoms with E-state index >= 15 is 0 Å². The summed E-state index contributed by atoms with van der Waals surface area (Å²) in [6, 6.07) is 0.190. The van der Waals surface area contributed by atoms with Gasteiger partial charge in [0.25, 0.3) is 0 Å². The maximum absolute atomic E-state index is 11.5. The second kappa shape index (κ2) is 7.10. The van der Waals surface area contributed by atoms with Crippen molar-refractivity contribution in [3.63, 3.8) is 0 Å². The second-order valence-electron chi connectivity index (χ2n) is 5.91. The number of ether oxygens (including phenoxy) is 1. The summed E-state index contributed by atoms with van der Waals surface area (Å²) in [5, 5.41) is 2.87. The van der Waals surface area contributed by atoms with Crippen LogP contribution in [0, 0.1) is 5.92 Å². The molecule has 0 aromatic carbocycles. The first-order valence-electron chi connectivity index (χ1n) is 7.11. The molecule has 1 aliphatic rings. The highest BCUT2D eigenvalue weighted by Gasteiger charge is 2.34. The van der Waals surface area contributed by atoms with Crippen molar-refractivity contribution in [2.75, 3.05) is 13.2 Å². The molecule has 1 fully saturated rings. The van der Waals surface area contributed by atoms with Gasteiger partial charge in [0.15, 0.2) is 0 Å². The molecule has 0 heterocycles. The lowest BCUT2D eigenvalue weighted by Crippen LogP contribution is -2.45. The summed E-state index contributed by atoms with van der Waals surface area (Å²) in [4.78, 5) is 11.5. The lowest BCUT2D eigenvalue weighted by Gasteiger charge is -2.39. The molecule has 0 aromatic rings. The fraction of sp³-hybridized carbons (Fsp3) is 0.929. The lowest BCUT2D eigenvalue weighted by molar-refractivity contribution is -0.126. The number of amides is 1. The maximum Gasteiger partial charge on any atom is 0.222 e. The van der Waals surface area contributed by atoms with Crippen LogP contribution in [0.2, 0.25) is 0 Å². The van der Waals surface area contributed by atoms with Gasteiger partial charge >= 0.3 is 0 Å². The van der Waals surface area contributed by atoms with Gasteiger partial charge in [-0.1, -0.05) is 19.8 Å². The van der Waals surface area contributed by atoms with Crippen molar-refractivity contribution in [1.82, 2.24) is 5.32 Å². The van der Waals surface area contributed by atoms with E-state index in [-0.39, 0.29) is 17.6 Å². The lowest BCUT2D eigenvalue weighted by atomic mass is 9.79. The van der Waals surface area contributed by atoms with E-state index < -0.39 is 0 Å². The van der Waals surface area contributed by atoms with Gasteiger partial charge in [0.05, 0.1) is 12.2 Å². The molecule has 1 saturated carbocycles. The van der Waals surface area contributed by atoms with Crippen LogP contribution in [0.25, 0.3) is 0 Å². The smallest absolute Gasteiger partial charge is 0.222 e. The Bertz CT molecular complexity index is 269. The van der Waals surface area contributed by atoms with Crippen molar-refractivity contribution in [2.24, 2.45) is 11.7 Å². The van der Waals surface area contributed by atoms with E-state index in [1.54, 1.807) is 0 Å². The zero-order valence-corrected chi connectivity index (χ0v) is 12.0. The fourth-order valence-electron chi connectivity index (χ4n) is 2.74. The van der Waals surface area contributed by atoms with Crippen LogP contribution >= 0.6 is 0 Å².